The fourth-order valence-corrected chi connectivity index (χ4v) is 5.13. The second kappa shape index (κ2) is 9.78. The topological polar surface area (TPSA) is 73.9 Å². The molecule has 0 saturated carbocycles. The van der Waals surface area contributed by atoms with Crippen LogP contribution in [0.5, 0.6) is 11.5 Å². The van der Waals surface area contributed by atoms with Crippen molar-refractivity contribution in [2.45, 2.75) is 39.7 Å². The summed E-state index contributed by atoms with van der Waals surface area (Å²) in [5.74, 6) is -0.0217. The van der Waals surface area contributed by atoms with Gasteiger partial charge in [0.15, 0.2) is 0 Å². The average molecular weight is 496 g/mol. The molecule has 0 spiro atoms. The standard InChI is InChI=1S/C28H30ClNO5/c1-16-24(27(32)34-5)25(26-21(30-16)13-28(2,3)14-22(26)31)17-6-11-23(33-4)18(12-17)15-35-20-9-7-19(29)8-10-20/h6-13,25-26,30H,14-15H2,1-5H3. The van der Waals surface area contributed by atoms with Crippen LogP contribution in [-0.2, 0) is 20.9 Å². The second-order valence-corrected chi connectivity index (χ2v) is 10.1. The van der Waals surface area contributed by atoms with E-state index in [4.69, 9.17) is 25.8 Å². The van der Waals surface area contributed by atoms with Gasteiger partial charge < -0.3 is 19.5 Å². The van der Waals surface area contributed by atoms with E-state index in [1.165, 1.54) is 7.11 Å². The van der Waals surface area contributed by atoms with Gasteiger partial charge in [0, 0.05) is 34.3 Å². The number of halogens is 1. The highest BCUT2D eigenvalue weighted by atomic mass is 35.5. The van der Waals surface area contributed by atoms with Gasteiger partial charge in [0.05, 0.1) is 25.7 Å². The van der Waals surface area contributed by atoms with E-state index in [0.29, 0.717) is 34.2 Å². The number of ether oxygens (including phenoxy) is 3. The number of benzene rings is 2. The van der Waals surface area contributed by atoms with E-state index >= 15 is 0 Å². The van der Waals surface area contributed by atoms with Crippen molar-refractivity contribution in [3.63, 3.8) is 0 Å². The zero-order chi connectivity index (χ0) is 25.3. The first kappa shape index (κ1) is 24.9. The molecule has 0 aromatic heterocycles. The first-order valence-corrected chi connectivity index (χ1v) is 11.9. The van der Waals surface area contributed by atoms with E-state index in [9.17, 15) is 9.59 Å². The lowest BCUT2D eigenvalue weighted by molar-refractivity contribution is -0.136. The Morgan fingerprint density at radius 3 is 2.49 bits per heavy atom. The third-order valence-corrected chi connectivity index (χ3v) is 6.77. The minimum absolute atomic E-state index is 0.0914. The summed E-state index contributed by atoms with van der Waals surface area (Å²) in [5.41, 5.74) is 3.33. The van der Waals surface area contributed by atoms with Crippen LogP contribution < -0.4 is 14.8 Å². The summed E-state index contributed by atoms with van der Waals surface area (Å²) in [4.78, 5) is 26.3. The Morgan fingerprint density at radius 2 is 1.83 bits per heavy atom. The Labute approximate surface area is 210 Å². The maximum atomic E-state index is 13.4. The molecule has 1 aliphatic heterocycles. The van der Waals surface area contributed by atoms with Crippen molar-refractivity contribution in [1.29, 1.82) is 0 Å². The Kier molecular flexibility index (Phi) is 6.95. The van der Waals surface area contributed by atoms with Crippen LogP contribution in [0.4, 0.5) is 0 Å². The molecule has 2 aromatic carbocycles. The molecule has 0 radical (unpaired) electrons. The van der Waals surface area contributed by atoms with Crippen LogP contribution in [0.1, 0.15) is 44.2 Å². The molecule has 4 rings (SSSR count). The highest BCUT2D eigenvalue weighted by molar-refractivity contribution is 6.30. The summed E-state index contributed by atoms with van der Waals surface area (Å²) in [7, 11) is 2.96. The molecule has 0 bridgehead atoms. The zero-order valence-electron chi connectivity index (χ0n) is 20.6. The maximum absolute atomic E-state index is 13.4. The van der Waals surface area contributed by atoms with Crippen molar-refractivity contribution in [3.05, 3.63) is 81.7 Å². The molecule has 1 heterocycles. The van der Waals surface area contributed by atoms with Crippen LogP contribution >= 0.6 is 11.6 Å². The van der Waals surface area contributed by atoms with Gasteiger partial charge in [-0.15, -0.1) is 0 Å². The first-order valence-electron chi connectivity index (χ1n) is 11.5. The highest BCUT2D eigenvalue weighted by Crippen LogP contribution is 2.47. The maximum Gasteiger partial charge on any atom is 0.336 e. The van der Waals surface area contributed by atoms with Gasteiger partial charge >= 0.3 is 5.97 Å². The van der Waals surface area contributed by atoms with Crippen LogP contribution in [-0.4, -0.2) is 26.0 Å². The van der Waals surface area contributed by atoms with E-state index < -0.39 is 17.8 Å². The van der Waals surface area contributed by atoms with E-state index in [-0.39, 0.29) is 17.8 Å². The van der Waals surface area contributed by atoms with Crippen LogP contribution in [0.15, 0.2) is 65.5 Å². The lowest BCUT2D eigenvalue weighted by Crippen LogP contribution is -2.43. The number of nitrogens with one attached hydrogen (secondary N) is 1. The number of methoxy groups -OCH3 is 2. The van der Waals surface area contributed by atoms with Crippen LogP contribution in [0.25, 0.3) is 0 Å². The fourth-order valence-electron chi connectivity index (χ4n) is 5.00. The van der Waals surface area contributed by atoms with E-state index in [1.54, 1.807) is 31.4 Å². The fraction of sp³-hybridized carbons (Fsp3) is 0.357. The molecule has 0 fully saturated rings. The number of rotatable bonds is 6. The van der Waals surface area contributed by atoms with Gasteiger partial charge in [-0.25, -0.2) is 4.79 Å². The van der Waals surface area contributed by atoms with Crippen molar-refractivity contribution in [3.8, 4) is 11.5 Å². The second-order valence-electron chi connectivity index (χ2n) is 9.66. The molecule has 0 saturated heterocycles. The summed E-state index contributed by atoms with van der Waals surface area (Å²) in [6.45, 7) is 6.17. The number of carbonyl (C=O) groups is 2. The molecule has 7 heteroatoms. The Morgan fingerprint density at radius 1 is 1.11 bits per heavy atom. The molecular formula is C28H30ClNO5. The van der Waals surface area contributed by atoms with Gasteiger partial charge in [0.2, 0.25) is 0 Å². The molecule has 1 N–H and O–H groups in total. The number of hydrogen-bond donors (Lipinski definition) is 1. The van der Waals surface area contributed by atoms with Gasteiger partial charge in [-0.1, -0.05) is 37.6 Å². The Bertz CT molecular complexity index is 1210. The van der Waals surface area contributed by atoms with Crippen molar-refractivity contribution in [2.75, 3.05) is 14.2 Å². The van der Waals surface area contributed by atoms with E-state index in [1.807, 2.05) is 39.0 Å². The number of allylic oxidation sites excluding steroid dienone is 3. The molecular weight excluding hydrogens is 466 g/mol. The molecule has 6 nitrogen and oxygen atoms in total. The van der Waals surface area contributed by atoms with Crippen LogP contribution in [0, 0.1) is 11.3 Å². The lowest BCUT2D eigenvalue weighted by atomic mass is 9.66. The monoisotopic (exact) mass is 495 g/mol. The number of Topliss-reactive ketones (excluding diaryl/α,β-unsaturated/α-hetero) is 1. The van der Waals surface area contributed by atoms with E-state index in [2.05, 4.69) is 11.4 Å². The molecule has 2 aromatic rings. The molecule has 1 aliphatic carbocycles. The normalized spacial score (nSPS) is 21.0. The van der Waals surface area contributed by atoms with Crippen LogP contribution in [0.2, 0.25) is 5.02 Å². The highest BCUT2D eigenvalue weighted by Gasteiger charge is 2.46. The average Bonchev–Trinajstić information content (AvgIpc) is 2.81. The third kappa shape index (κ3) is 5.08. The quantitative estimate of drug-likeness (QED) is 0.529. The van der Waals surface area contributed by atoms with Gasteiger partial charge in [0.1, 0.15) is 23.9 Å². The number of esters is 1. The smallest absolute Gasteiger partial charge is 0.336 e. The molecule has 35 heavy (non-hydrogen) atoms. The largest absolute Gasteiger partial charge is 0.496 e. The minimum Gasteiger partial charge on any atom is -0.496 e. The van der Waals surface area contributed by atoms with Crippen molar-refractivity contribution in [2.24, 2.45) is 11.3 Å². The van der Waals surface area contributed by atoms with Gasteiger partial charge in [-0.05, 0) is 54.3 Å². The first-order chi connectivity index (χ1) is 16.6. The molecule has 0 amide bonds. The lowest BCUT2D eigenvalue weighted by Gasteiger charge is -2.41. The number of ketones is 1. The third-order valence-electron chi connectivity index (χ3n) is 6.52. The molecule has 2 aliphatic rings. The van der Waals surface area contributed by atoms with Crippen LogP contribution in [0.3, 0.4) is 0 Å². The molecule has 2 atom stereocenters. The summed E-state index contributed by atoms with van der Waals surface area (Å²) < 4.78 is 16.7. The number of carbonyl (C=O) groups excluding carboxylic acids is 2. The van der Waals surface area contributed by atoms with Crippen molar-refractivity contribution < 1.29 is 23.8 Å². The summed E-state index contributed by atoms with van der Waals surface area (Å²) in [5, 5.41) is 3.95. The van der Waals surface area contributed by atoms with Crippen molar-refractivity contribution >= 4 is 23.4 Å². The van der Waals surface area contributed by atoms with E-state index in [0.717, 1.165) is 16.8 Å². The number of fused-ring (bicyclic) bond motifs is 1. The summed E-state index contributed by atoms with van der Waals surface area (Å²) >= 11 is 5.98. The van der Waals surface area contributed by atoms with Gasteiger partial charge in [-0.3, -0.25) is 4.79 Å². The zero-order valence-corrected chi connectivity index (χ0v) is 21.4. The summed E-state index contributed by atoms with van der Waals surface area (Å²) in [6, 6.07) is 12.8. The Hall–Kier alpha value is -3.25. The van der Waals surface area contributed by atoms with Gasteiger partial charge in [-0.2, -0.15) is 0 Å². The predicted molar refractivity (Wildman–Crippen MR) is 134 cm³/mol. The molecule has 184 valence electrons. The Balaban J connectivity index is 1.78. The number of hydrogen-bond acceptors (Lipinski definition) is 6. The predicted octanol–water partition coefficient (Wildman–Crippen LogP) is 5.56. The van der Waals surface area contributed by atoms with Crippen molar-refractivity contribution in [1.82, 2.24) is 5.32 Å². The van der Waals surface area contributed by atoms with Gasteiger partial charge in [0.25, 0.3) is 0 Å². The molecule has 2 unspecified atom stereocenters. The summed E-state index contributed by atoms with van der Waals surface area (Å²) in [6.07, 6.45) is 2.51. The SMILES string of the molecule is COC(=O)C1=C(C)NC2=CC(C)(C)CC(=O)C2C1c1ccc(OC)c(COc2ccc(Cl)cc2)c1. The minimum atomic E-state index is -0.501.